The molecule has 0 bridgehead atoms. The number of ketones is 1. The van der Waals surface area contributed by atoms with Crippen LogP contribution in [0.25, 0.3) is 16.8 Å². The van der Waals surface area contributed by atoms with Crippen LogP contribution in [-0.2, 0) is 6.42 Å². The molecule has 1 aliphatic rings. The van der Waals surface area contributed by atoms with Crippen molar-refractivity contribution in [2.45, 2.75) is 25.7 Å². The number of hydrogen-bond donors (Lipinski definition) is 0. The zero-order valence-electron chi connectivity index (χ0n) is 15.7. The van der Waals surface area contributed by atoms with Gasteiger partial charge in [-0.15, -0.1) is 0 Å². The Hall–Kier alpha value is -3.41. The van der Waals surface area contributed by atoms with Gasteiger partial charge < -0.3 is 0 Å². The number of aryl methyl sites for hydroxylation is 1. The molecular formula is C23H17F2N3O. The van der Waals surface area contributed by atoms with Crippen LogP contribution in [0.2, 0.25) is 0 Å². The van der Waals surface area contributed by atoms with Crippen molar-refractivity contribution in [3.63, 3.8) is 0 Å². The summed E-state index contributed by atoms with van der Waals surface area (Å²) >= 11 is 0. The van der Waals surface area contributed by atoms with Crippen LogP contribution in [0.5, 0.6) is 0 Å². The molecule has 0 spiro atoms. The maximum absolute atomic E-state index is 13.7. The highest BCUT2D eigenvalue weighted by Gasteiger charge is 2.30. The molecule has 0 radical (unpaired) electrons. The summed E-state index contributed by atoms with van der Waals surface area (Å²) in [6, 6.07) is 13.3. The van der Waals surface area contributed by atoms with E-state index in [1.165, 1.54) is 12.1 Å². The fraction of sp³-hybridized carbons (Fsp3) is 0.174. The van der Waals surface area contributed by atoms with Crippen molar-refractivity contribution in [2.75, 3.05) is 0 Å². The molecule has 2 aromatic carbocycles. The first-order valence-corrected chi connectivity index (χ1v) is 9.43. The van der Waals surface area contributed by atoms with Gasteiger partial charge in [-0.1, -0.05) is 30.3 Å². The molecule has 29 heavy (non-hydrogen) atoms. The molecule has 1 aliphatic carbocycles. The molecule has 0 unspecified atom stereocenters. The summed E-state index contributed by atoms with van der Waals surface area (Å²) in [4.78, 5) is 17.3. The summed E-state index contributed by atoms with van der Waals surface area (Å²) < 4.78 is 29.2. The first kappa shape index (κ1) is 17.7. The van der Waals surface area contributed by atoms with E-state index < -0.39 is 11.6 Å². The lowest BCUT2D eigenvalue weighted by Crippen LogP contribution is -2.22. The van der Waals surface area contributed by atoms with Gasteiger partial charge in [0, 0.05) is 24.2 Å². The number of carbonyl (C=O) groups is 1. The number of carbonyl (C=O) groups excluding carboxylic acids is 1. The van der Waals surface area contributed by atoms with Crippen molar-refractivity contribution < 1.29 is 13.6 Å². The number of rotatable bonds is 2. The second kappa shape index (κ2) is 6.58. The van der Waals surface area contributed by atoms with Gasteiger partial charge in [0.15, 0.2) is 11.4 Å². The Labute approximate surface area is 165 Å². The number of aromatic nitrogens is 3. The van der Waals surface area contributed by atoms with E-state index in [4.69, 9.17) is 0 Å². The van der Waals surface area contributed by atoms with Crippen molar-refractivity contribution >= 4 is 11.4 Å². The van der Waals surface area contributed by atoms with Crippen LogP contribution in [0, 0.1) is 18.6 Å². The fourth-order valence-electron chi connectivity index (χ4n) is 4.19. The summed E-state index contributed by atoms with van der Waals surface area (Å²) in [5.41, 5.74) is 5.13. The molecule has 2 heterocycles. The number of halogens is 2. The topological polar surface area (TPSA) is 47.3 Å². The minimum Gasteiger partial charge on any atom is -0.294 e. The summed E-state index contributed by atoms with van der Waals surface area (Å²) in [6.07, 6.45) is 2.25. The predicted octanol–water partition coefficient (Wildman–Crippen LogP) is 4.90. The second-order valence-corrected chi connectivity index (χ2v) is 7.41. The van der Waals surface area contributed by atoms with Gasteiger partial charge in [-0.3, -0.25) is 4.79 Å². The summed E-state index contributed by atoms with van der Waals surface area (Å²) in [7, 11) is 0. The van der Waals surface area contributed by atoms with Gasteiger partial charge in [-0.2, -0.15) is 5.10 Å². The van der Waals surface area contributed by atoms with Crippen LogP contribution in [0.15, 0.2) is 54.7 Å². The molecule has 0 saturated carbocycles. The first-order valence-electron chi connectivity index (χ1n) is 9.43. The molecule has 144 valence electrons. The number of benzene rings is 2. The largest absolute Gasteiger partial charge is 0.294 e. The normalized spacial score (nSPS) is 16.2. The molecule has 0 fully saturated rings. The van der Waals surface area contributed by atoms with Crippen molar-refractivity contribution in [1.29, 1.82) is 0 Å². The van der Waals surface area contributed by atoms with Gasteiger partial charge in [-0.25, -0.2) is 18.3 Å². The van der Waals surface area contributed by atoms with Gasteiger partial charge in [-0.05, 0) is 42.5 Å². The Balaban J connectivity index is 1.67. The number of hydrogen-bond acceptors (Lipinski definition) is 3. The number of nitrogens with zero attached hydrogens (tertiary/aromatic N) is 3. The molecule has 0 N–H and O–H groups in total. The molecule has 1 atom stereocenters. The average Bonchev–Trinajstić information content (AvgIpc) is 3.04. The van der Waals surface area contributed by atoms with Crippen LogP contribution in [-0.4, -0.2) is 20.4 Å². The monoisotopic (exact) mass is 389 g/mol. The van der Waals surface area contributed by atoms with Crippen LogP contribution >= 0.6 is 0 Å². The Morgan fingerprint density at radius 2 is 1.76 bits per heavy atom. The third-order valence-corrected chi connectivity index (χ3v) is 5.51. The van der Waals surface area contributed by atoms with Gasteiger partial charge >= 0.3 is 0 Å². The highest BCUT2D eigenvalue weighted by atomic mass is 19.1. The van der Waals surface area contributed by atoms with Crippen LogP contribution in [0.3, 0.4) is 0 Å². The van der Waals surface area contributed by atoms with E-state index in [0.717, 1.165) is 28.6 Å². The van der Waals surface area contributed by atoms with Crippen LogP contribution in [0.4, 0.5) is 8.78 Å². The predicted molar refractivity (Wildman–Crippen MR) is 105 cm³/mol. The van der Waals surface area contributed by atoms with Crippen LogP contribution in [0.1, 0.15) is 39.6 Å². The van der Waals surface area contributed by atoms with E-state index >= 15 is 0 Å². The zero-order chi connectivity index (χ0) is 20.1. The third-order valence-electron chi connectivity index (χ3n) is 5.51. The quantitative estimate of drug-likeness (QED) is 0.490. The molecule has 0 aliphatic heterocycles. The van der Waals surface area contributed by atoms with E-state index in [1.807, 2.05) is 37.3 Å². The number of fused-ring (bicyclic) bond motifs is 3. The fourth-order valence-corrected chi connectivity index (χ4v) is 4.19. The molecule has 0 amide bonds. The smallest absolute Gasteiger partial charge is 0.166 e. The van der Waals surface area contributed by atoms with Crippen molar-refractivity contribution in [3.8, 4) is 11.1 Å². The standard InChI is InChI=1S/C23H17F2N3O/c1-13-22(14-5-3-2-4-6-14)23-26-12-19-20(28(23)27-13)9-16(10-21(19)29)15-7-17(24)11-18(25)8-15/h2-8,11-12,16H,9-10H2,1H3/t16-/m1/s1. The van der Waals surface area contributed by atoms with Gasteiger partial charge in [0.05, 0.1) is 17.0 Å². The summed E-state index contributed by atoms with van der Waals surface area (Å²) in [6.45, 7) is 1.91. The molecule has 0 saturated heterocycles. The molecule has 4 nitrogen and oxygen atoms in total. The lowest BCUT2D eigenvalue weighted by molar-refractivity contribution is 0.0962. The summed E-state index contributed by atoms with van der Waals surface area (Å²) in [5, 5.41) is 4.65. The highest BCUT2D eigenvalue weighted by Crippen LogP contribution is 2.35. The molecule has 5 rings (SSSR count). The van der Waals surface area contributed by atoms with Crippen molar-refractivity contribution in [2.24, 2.45) is 0 Å². The maximum Gasteiger partial charge on any atom is 0.166 e. The Morgan fingerprint density at radius 1 is 1.03 bits per heavy atom. The Morgan fingerprint density at radius 3 is 2.48 bits per heavy atom. The Bertz CT molecular complexity index is 1240. The van der Waals surface area contributed by atoms with Gasteiger partial charge in [0.2, 0.25) is 0 Å². The SMILES string of the molecule is Cc1nn2c3c(cnc2c1-c1ccccc1)C(=O)C[C@H](c1cc(F)cc(F)c1)C3. The lowest BCUT2D eigenvalue weighted by atomic mass is 9.82. The zero-order valence-corrected chi connectivity index (χ0v) is 15.7. The first-order chi connectivity index (χ1) is 14.0. The molecule has 2 aromatic heterocycles. The van der Waals surface area contributed by atoms with E-state index in [0.29, 0.717) is 23.2 Å². The van der Waals surface area contributed by atoms with E-state index in [-0.39, 0.29) is 18.1 Å². The van der Waals surface area contributed by atoms with E-state index in [2.05, 4.69) is 10.1 Å². The van der Waals surface area contributed by atoms with Gasteiger partial charge in [0.25, 0.3) is 0 Å². The highest BCUT2D eigenvalue weighted by molar-refractivity contribution is 5.99. The third kappa shape index (κ3) is 2.92. The minimum atomic E-state index is -0.639. The molecule has 6 heteroatoms. The second-order valence-electron chi connectivity index (χ2n) is 7.41. The lowest BCUT2D eigenvalue weighted by Gasteiger charge is -2.24. The molecule has 4 aromatic rings. The van der Waals surface area contributed by atoms with Crippen molar-refractivity contribution in [3.05, 3.63) is 88.9 Å². The van der Waals surface area contributed by atoms with E-state index in [9.17, 15) is 13.6 Å². The van der Waals surface area contributed by atoms with Crippen LogP contribution < -0.4 is 0 Å². The Kier molecular flexibility index (Phi) is 4.01. The summed E-state index contributed by atoms with van der Waals surface area (Å²) in [5.74, 6) is -1.68. The van der Waals surface area contributed by atoms with E-state index in [1.54, 1.807) is 10.7 Å². The van der Waals surface area contributed by atoms with Crippen molar-refractivity contribution in [1.82, 2.24) is 14.6 Å². The average molecular weight is 389 g/mol. The van der Waals surface area contributed by atoms with Gasteiger partial charge in [0.1, 0.15) is 11.6 Å². The minimum absolute atomic E-state index is 0.0928. The molecular weight excluding hydrogens is 372 g/mol. The maximum atomic E-state index is 13.7. The number of Topliss-reactive ketones (excluding diaryl/α,β-unsaturated/α-hetero) is 1.